The molecule has 0 spiro atoms. The van der Waals surface area contributed by atoms with Gasteiger partial charge in [-0.2, -0.15) is 0 Å². The molecule has 0 aliphatic carbocycles. The molecule has 2 heterocycles. The first kappa shape index (κ1) is 18.3. The maximum absolute atomic E-state index is 12.8. The van der Waals surface area contributed by atoms with Gasteiger partial charge in [-0.05, 0) is 30.7 Å². The molecular formula is C18H19FN2O4S. The number of ether oxygens (including phenoxy) is 2. The summed E-state index contributed by atoms with van der Waals surface area (Å²) in [5, 5.41) is 2.42. The molecule has 26 heavy (non-hydrogen) atoms. The summed E-state index contributed by atoms with van der Waals surface area (Å²) >= 11 is 1.36. The maximum atomic E-state index is 12.8. The minimum Gasteiger partial charge on any atom is -0.493 e. The highest BCUT2D eigenvalue weighted by Gasteiger charge is 2.24. The molecule has 0 bridgehead atoms. The van der Waals surface area contributed by atoms with Crippen LogP contribution < -0.4 is 9.64 Å². The lowest BCUT2D eigenvalue weighted by atomic mass is 10.3. The Morgan fingerprint density at radius 1 is 1.27 bits per heavy atom. The molecule has 1 fully saturated rings. The molecule has 1 aliphatic heterocycles. The van der Waals surface area contributed by atoms with Gasteiger partial charge in [0.15, 0.2) is 5.13 Å². The standard InChI is InChI=1S/C18H19FN2O4S/c19-13-4-6-15(7-5-13)24-9-2-10-25-17(23)11-14-12-26-18(20-14)21-8-1-3-16(21)22/h4-7,12H,1-3,8-11H2. The van der Waals surface area contributed by atoms with E-state index in [0.717, 1.165) is 6.42 Å². The van der Waals surface area contributed by atoms with Crippen LogP contribution in [0.1, 0.15) is 25.0 Å². The van der Waals surface area contributed by atoms with Crippen LogP contribution in [-0.2, 0) is 20.7 Å². The van der Waals surface area contributed by atoms with Crippen molar-refractivity contribution in [1.82, 2.24) is 4.98 Å². The van der Waals surface area contributed by atoms with E-state index in [1.165, 1.54) is 23.5 Å². The van der Waals surface area contributed by atoms with Crippen molar-refractivity contribution in [1.29, 1.82) is 0 Å². The number of hydrogen-bond acceptors (Lipinski definition) is 6. The molecule has 0 atom stereocenters. The normalized spacial score (nSPS) is 13.9. The van der Waals surface area contributed by atoms with E-state index in [1.54, 1.807) is 22.4 Å². The van der Waals surface area contributed by atoms with E-state index in [1.807, 2.05) is 0 Å². The number of nitrogens with zero attached hydrogens (tertiary/aromatic N) is 2. The van der Waals surface area contributed by atoms with Crippen molar-refractivity contribution in [2.75, 3.05) is 24.7 Å². The van der Waals surface area contributed by atoms with Crippen LogP contribution in [0.25, 0.3) is 0 Å². The van der Waals surface area contributed by atoms with E-state index in [2.05, 4.69) is 4.98 Å². The van der Waals surface area contributed by atoms with Crippen LogP contribution in [0, 0.1) is 5.82 Å². The van der Waals surface area contributed by atoms with Gasteiger partial charge in [0.2, 0.25) is 5.91 Å². The molecule has 1 aliphatic rings. The van der Waals surface area contributed by atoms with Crippen molar-refractivity contribution in [3.8, 4) is 5.75 Å². The number of esters is 1. The molecule has 2 aromatic rings. The first-order valence-electron chi connectivity index (χ1n) is 8.40. The Labute approximate surface area is 154 Å². The third kappa shape index (κ3) is 5.01. The summed E-state index contributed by atoms with van der Waals surface area (Å²) in [4.78, 5) is 29.6. The largest absolute Gasteiger partial charge is 0.493 e. The van der Waals surface area contributed by atoms with Gasteiger partial charge in [0.25, 0.3) is 0 Å². The minimum atomic E-state index is -0.364. The molecule has 0 saturated carbocycles. The number of amides is 1. The van der Waals surface area contributed by atoms with Gasteiger partial charge in [-0.1, -0.05) is 0 Å². The van der Waals surface area contributed by atoms with E-state index < -0.39 is 0 Å². The molecular weight excluding hydrogens is 359 g/mol. The summed E-state index contributed by atoms with van der Waals surface area (Å²) < 4.78 is 23.4. The third-order valence-corrected chi connectivity index (χ3v) is 4.72. The van der Waals surface area contributed by atoms with Gasteiger partial charge in [0.1, 0.15) is 11.6 Å². The van der Waals surface area contributed by atoms with Gasteiger partial charge in [-0.3, -0.25) is 14.5 Å². The summed E-state index contributed by atoms with van der Waals surface area (Å²) in [6.45, 7) is 1.29. The van der Waals surface area contributed by atoms with Crippen LogP contribution in [-0.4, -0.2) is 36.6 Å². The Morgan fingerprint density at radius 2 is 2.08 bits per heavy atom. The van der Waals surface area contributed by atoms with Crippen LogP contribution >= 0.6 is 11.3 Å². The zero-order valence-corrected chi connectivity index (χ0v) is 15.0. The highest BCUT2D eigenvalue weighted by Crippen LogP contribution is 2.25. The van der Waals surface area contributed by atoms with Crippen LogP contribution in [0.2, 0.25) is 0 Å². The van der Waals surface area contributed by atoms with Crippen molar-refractivity contribution >= 4 is 28.3 Å². The molecule has 138 valence electrons. The van der Waals surface area contributed by atoms with Crippen molar-refractivity contribution in [3.05, 3.63) is 41.2 Å². The molecule has 1 amide bonds. The average Bonchev–Trinajstić information content (AvgIpc) is 3.25. The van der Waals surface area contributed by atoms with Gasteiger partial charge >= 0.3 is 5.97 Å². The van der Waals surface area contributed by atoms with Crippen LogP contribution in [0.15, 0.2) is 29.6 Å². The predicted octanol–water partition coefficient (Wildman–Crippen LogP) is 2.96. The topological polar surface area (TPSA) is 68.7 Å². The lowest BCUT2D eigenvalue weighted by Crippen LogP contribution is -2.23. The SMILES string of the molecule is O=C(Cc1csc(N2CCCC2=O)n1)OCCCOc1ccc(F)cc1. The Hall–Kier alpha value is -2.48. The van der Waals surface area contributed by atoms with Crippen molar-refractivity contribution in [2.45, 2.75) is 25.7 Å². The number of thiazole rings is 1. The Kier molecular flexibility index (Phi) is 6.17. The second kappa shape index (κ2) is 8.75. The minimum absolute atomic E-state index is 0.0784. The summed E-state index contributed by atoms with van der Waals surface area (Å²) in [7, 11) is 0. The number of carbonyl (C=O) groups is 2. The van der Waals surface area contributed by atoms with E-state index in [4.69, 9.17) is 9.47 Å². The second-order valence-electron chi connectivity index (χ2n) is 5.82. The van der Waals surface area contributed by atoms with Gasteiger partial charge in [-0.25, -0.2) is 9.37 Å². The summed E-state index contributed by atoms with van der Waals surface area (Å²) in [6.07, 6.45) is 2.01. The number of halogens is 1. The summed E-state index contributed by atoms with van der Waals surface area (Å²) in [5.41, 5.74) is 0.609. The fraction of sp³-hybridized carbons (Fsp3) is 0.389. The number of hydrogen-bond donors (Lipinski definition) is 0. The molecule has 0 N–H and O–H groups in total. The summed E-state index contributed by atoms with van der Waals surface area (Å²) in [6, 6.07) is 5.75. The molecule has 3 rings (SSSR count). The number of carbonyl (C=O) groups excluding carboxylic acids is 2. The molecule has 1 saturated heterocycles. The molecule has 0 unspecified atom stereocenters. The maximum Gasteiger partial charge on any atom is 0.311 e. The number of benzene rings is 1. The number of rotatable bonds is 8. The Bertz CT molecular complexity index is 763. The molecule has 1 aromatic carbocycles. The Morgan fingerprint density at radius 3 is 2.81 bits per heavy atom. The lowest BCUT2D eigenvalue weighted by molar-refractivity contribution is -0.143. The second-order valence-corrected chi connectivity index (χ2v) is 6.66. The third-order valence-electron chi connectivity index (χ3n) is 3.80. The fourth-order valence-corrected chi connectivity index (χ4v) is 3.38. The molecule has 6 nitrogen and oxygen atoms in total. The van der Waals surface area contributed by atoms with Crippen LogP contribution in [0.5, 0.6) is 5.75 Å². The zero-order valence-electron chi connectivity index (χ0n) is 14.2. The molecule has 1 aromatic heterocycles. The quantitative estimate of drug-likeness (QED) is 0.522. The van der Waals surface area contributed by atoms with Crippen LogP contribution in [0.3, 0.4) is 0 Å². The first-order chi connectivity index (χ1) is 12.6. The Balaban J connectivity index is 1.34. The van der Waals surface area contributed by atoms with Crippen molar-refractivity contribution in [3.63, 3.8) is 0 Å². The van der Waals surface area contributed by atoms with E-state index >= 15 is 0 Å². The number of anilines is 1. The molecule has 8 heteroatoms. The van der Waals surface area contributed by atoms with Crippen LogP contribution in [0.4, 0.5) is 9.52 Å². The molecule has 0 radical (unpaired) electrons. The van der Waals surface area contributed by atoms with Gasteiger partial charge in [-0.15, -0.1) is 11.3 Å². The van der Waals surface area contributed by atoms with Gasteiger partial charge in [0, 0.05) is 24.8 Å². The average molecular weight is 378 g/mol. The lowest BCUT2D eigenvalue weighted by Gasteiger charge is -2.10. The van der Waals surface area contributed by atoms with E-state index in [9.17, 15) is 14.0 Å². The zero-order chi connectivity index (χ0) is 18.4. The highest BCUT2D eigenvalue weighted by molar-refractivity contribution is 7.14. The smallest absolute Gasteiger partial charge is 0.311 e. The first-order valence-corrected chi connectivity index (χ1v) is 9.28. The van der Waals surface area contributed by atoms with Crippen molar-refractivity contribution in [2.24, 2.45) is 0 Å². The van der Waals surface area contributed by atoms with Crippen molar-refractivity contribution < 1.29 is 23.5 Å². The predicted molar refractivity (Wildman–Crippen MR) is 94.9 cm³/mol. The van der Waals surface area contributed by atoms with E-state index in [-0.39, 0.29) is 30.7 Å². The monoisotopic (exact) mass is 378 g/mol. The number of aromatic nitrogens is 1. The van der Waals surface area contributed by atoms with E-state index in [0.29, 0.717) is 42.6 Å². The summed E-state index contributed by atoms with van der Waals surface area (Å²) in [5.74, 6) is -0.0271. The van der Waals surface area contributed by atoms with Gasteiger partial charge in [0.05, 0.1) is 25.3 Å². The fourth-order valence-electron chi connectivity index (χ4n) is 2.52. The van der Waals surface area contributed by atoms with Gasteiger partial charge < -0.3 is 9.47 Å². The highest BCUT2D eigenvalue weighted by atomic mass is 32.1.